The number of aryl methyl sites for hydroxylation is 13. The number of ketones is 3. The van der Waals surface area contributed by atoms with Gasteiger partial charge in [0, 0.05) is 109 Å². The van der Waals surface area contributed by atoms with Crippen LogP contribution in [0.3, 0.4) is 0 Å². The molecule has 0 atom stereocenters. The number of aliphatic hydroxyl groups excluding tert-OH is 3. The normalized spacial score (nSPS) is 10.6. The van der Waals surface area contributed by atoms with E-state index >= 15 is 0 Å². The molecule has 6 aromatic heterocycles. The third kappa shape index (κ3) is 40.2. The molecule has 0 amide bonds. The minimum Gasteiger partial charge on any atom is -0.512 e. The molecule has 3 N–H and O–H groups in total. The average Bonchev–Trinajstić information content (AvgIpc) is 0.803. The van der Waals surface area contributed by atoms with E-state index in [1.54, 1.807) is 0 Å². The van der Waals surface area contributed by atoms with Crippen molar-refractivity contribution in [3.05, 3.63) is 490 Å². The fraction of sp³-hybridized carbons (Fsp3) is 0.148. The maximum absolute atomic E-state index is 10.0. The van der Waals surface area contributed by atoms with E-state index in [0.717, 1.165) is 140 Å². The predicted molar refractivity (Wildman–Crippen MR) is 588 cm³/mol. The van der Waals surface area contributed by atoms with E-state index in [9.17, 15) is 14.4 Å². The van der Waals surface area contributed by atoms with Gasteiger partial charge in [0.1, 0.15) is 0 Å². The number of pyridine rings is 6. The van der Waals surface area contributed by atoms with Crippen LogP contribution >= 0.6 is 0 Å². The molecule has 0 saturated carbocycles. The van der Waals surface area contributed by atoms with Gasteiger partial charge in [-0.15, -0.1) is 235 Å². The summed E-state index contributed by atoms with van der Waals surface area (Å²) in [6.07, 6.45) is 12.6. The Morgan fingerprint density at radius 3 is 1.11 bits per heavy atom. The molecule has 3 radical (unpaired) electrons. The van der Waals surface area contributed by atoms with Crippen molar-refractivity contribution >= 4 is 73.7 Å². The molecular weight excluding hydrogens is 2710 g/mol. The summed E-state index contributed by atoms with van der Waals surface area (Å²) in [5, 5.41) is 29.9. The van der Waals surface area contributed by atoms with E-state index in [4.69, 9.17) is 30.3 Å². The number of hydrogen-bond acceptors (Lipinski definition) is 14. The second-order valence-electron chi connectivity index (χ2n) is 34.7. The molecule has 757 valence electrons. The molecule has 0 unspecified atom stereocenters. The van der Waals surface area contributed by atoms with E-state index < -0.39 is 0 Å². The number of rotatable bonds is 14. The third-order valence-electron chi connectivity index (χ3n) is 21.4. The minimum absolute atomic E-state index is 0. The van der Waals surface area contributed by atoms with E-state index in [1.807, 2.05) is 189 Å². The monoisotopic (exact) mass is 2830 g/mol. The van der Waals surface area contributed by atoms with Gasteiger partial charge < -0.3 is 25.3 Å². The first kappa shape index (κ1) is 124. The molecular formula is C128H120Ir4N8O6Pt-3. The molecule has 0 aliphatic heterocycles. The fourth-order valence-electron chi connectivity index (χ4n) is 15.3. The number of para-hydroxylation sites is 2. The Morgan fingerprint density at radius 2 is 0.694 bits per heavy atom. The van der Waals surface area contributed by atoms with Crippen molar-refractivity contribution in [3.8, 4) is 78.8 Å². The summed E-state index contributed by atoms with van der Waals surface area (Å²) in [5.41, 5.74) is 37.5. The van der Waals surface area contributed by atoms with Crippen LogP contribution < -0.4 is 0 Å². The molecule has 6 heterocycles. The van der Waals surface area contributed by atoms with Crippen molar-refractivity contribution in [2.45, 2.75) is 132 Å². The number of carbonyl (C=O) groups excluding carboxylic acids is 3. The van der Waals surface area contributed by atoms with Crippen LogP contribution in [0.2, 0.25) is 0 Å². The summed E-state index contributed by atoms with van der Waals surface area (Å²) in [4.78, 5) is 67.0. The number of aromatic nitrogens is 6. The minimum atomic E-state index is -0.125. The van der Waals surface area contributed by atoms with Gasteiger partial charge in [-0.2, -0.15) is 37.1 Å². The van der Waals surface area contributed by atoms with Crippen molar-refractivity contribution in [2.24, 2.45) is 9.98 Å². The summed E-state index contributed by atoms with van der Waals surface area (Å²) >= 11 is 0. The Morgan fingerprint density at radius 1 is 0.313 bits per heavy atom. The number of allylic oxidation sites excluding steroid dienone is 6. The Kier molecular flexibility index (Phi) is 52.5. The van der Waals surface area contributed by atoms with Crippen LogP contribution in [0.5, 0.6) is 0 Å². The number of nitrogens with zero attached hydrogens (tertiary/aromatic N) is 8. The number of hydrogen-bond donors (Lipinski definition) is 3. The van der Waals surface area contributed by atoms with Gasteiger partial charge in [0.2, 0.25) is 0 Å². The predicted octanol–water partition coefficient (Wildman–Crippen LogP) is 31.4. The van der Waals surface area contributed by atoms with Crippen molar-refractivity contribution in [3.63, 3.8) is 0 Å². The molecule has 12 aromatic carbocycles. The van der Waals surface area contributed by atoms with E-state index in [1.165, 1.54) is 137 Å². The van der Waals surface area contributed by atoms with Crippen molar-refractivity contribution in [1.82, 2.24) is 29.9 Å². The maximum Gasteiger partial charge on any atom is 3.00 e. The molecule has 14 nitrogen and oxygen atoms in total. The van der Waals surface area contributed by atoms with Gasteiger partial charge in [-0.1, -0.05) is 204 Å². The summed E-state index contributed by atoms with van der Waals surface area (Å²) in [6.45, 7) is 43.8. The number of benzene rings is 12. The van der Waals surface area contributed by atoms with Crippen molar-refractivity contribution in [2.75, 3.05) is 0 Å². The number of aliphatic hydroxyl groups is 3. The van der Waals surface area contributed by atoms with Crippen LogP contribution in [0.1, 0.15) is 136 Å². The van der Waals surface area contributed by atoms with Crippen LogP contribution in [-0.2, 0) is 116 Å². The molecule has 18 rings (SSSR count). The number of carbonyl (C=O) groups is 3. The van der Waals surface area contributed by atoms with Gasteiger partial charge in [-0.25, -0.2) is 0 Å². The maximum atomic E-state index is 10.0. The SMILES string of the molecule is CC(=O)C=C(C)O.CC(=O)C=C(C)O.CC(=O)C=C(C)O.Cc1[c-]c(-c2ccc3cc(C)ccc3n2)cc(C)c1.Cc1[c-]c(-c2ccc3ccc(C)cc3n2)cc(C)c1.Cc1[c-]c(-c2nccc3cc(C)ccc23)cc(C)c1.Cc1cc(C)c(-c2[c-]cccc2)nc1-c1[c-]cccc1.Cc1cc(C)c(-c2ccccn2)[c-]c1-c1ccccn1.[CH2-]c1ccccc1C=Nc1ccccc1N=Cc1ccccc1[CH2-].[Ir+3].[Ir].[Ir].[Ir].[Pt+2]. The molecule has 19 heteroatoms. The smallest absolute Gasteiger partial charge is 0.512 e. The zero-order chi connectivity index (χ0) is 102. The largest absolute Gasteiger partial charge is 3.00 e. The van der Waals surface area contributed by atoms with Gasteiger partial charge in [0.15, 0.2) is 17.3 Å². The Balaban J connectivity index is 0.000000297. The topological polar surface area (TPSA) is 214 Å². The van der Waals surface area contributed by atoms with E-state index in [2.05, 4.69) is 299 Å². The fourth-order valence-corrected chi connectivity index (χ4v) is 15.3. The molecule has 0 bridgehead atoms. The summed E-state index contributed by atoms with van der Waals surface area (Å²) in [7, 11) is 0. The van der Waals surface area contributed by atoms with E-state index in [-0.39, 0.29) is 136 Å². The van der Waals surface area contributed by atoms with E-state index in [0.29, 0.717) is 0 Å². The average molecular weight is 2830 g/mol. The first-order valence-corrected chi connectivity index (χ1v) is 46.5. The first-order valence-electron chi connectivity index (χ1n) is 46.5. The summed E-state index contributed by atoms with van der Waals surface area (Å²) in [5.74, 6) is -0.187. The Hall–Kier alpha value is -13.7. The Bertz CT molecular complexity index is 7110. The quantitative estimate of drug-likeness (QED) is 0.0401. The zero-order valence-electron chi connectivity index (χ0n) is 86.0. The standard InChI is InChI=1S/C22H18N2.C19H15N.C18H15N2.3C18H16N.3C5H8O2.4Ir.Pt/c1-17-9-3-5-11-19(17)15-23-21-13-7-8-14-22(21)24-16-20-12-6-4-10-18(20)2;1-14-13-15(2)19(17-11-7-4-8-12-17)20-18(14)16-9-5-3-6-10-16;1-13-11-14(2)16(18-8-4-6-10-20-18)12-15(13)17-7-3-5-9-19-17;1-12-4-6-17-15(9-12)5-7-18(19-17)16-10-13(2)8-14(3)11-16;1-12-4-5-15-6-7-17(19-18(15)11-12)16-9-13(2)8-14(3)10-16;1-12-4-5-17-15(9-12)6-7-19-18(17)16-10-13(2)8-14(3)11-16;3*1-4(6)3-5(2)7;;;;;/h3-16H,1-2H2;3-9,11,13H,1-2H3;3-11H,1-2H3;4-10H,1-3H3;4-9,11H,1-3H3;4-10H,1-3H3;3*3,6H,1-2H3;;;;;/q2*-2;4*-1;;;;;;;+3;+2. The second-order valence-corrected chi connectivity index (χ2v) is 34.7. The molecule has 0 fully saturated rings. The van der Waals surface area contributed by atoms with Gasteiger partial charge in [-0.3, -0.25) is 44.3 Å². The molecule has 0 aliphatic carbocycles. The van der Waals surface area contributed by atoms with Crippen LogP contribution in [0.4, 0.5) is 11.4 Å². The van der Waals surface area contributed by atoms with Crippen LogP contribution in [0, 0.1) is 140 Å². The molecule has 147 heavy (non-hydrogen) atoms. The van der Waals surface area contributed by atoms with Crippen molar-refractivity contribution in [1.29, 1.82) is 0 Å². The third-order valence-corrected chi connectivity index (χ3v) is 21.4. The van der Waals surface area contributed by atoms with Crippen LogP contribution in [0.25, 0.3) is 111 Å². The van der Waals surface area contributed by atoms with Crippen LogP contribution in [0.15, 0.2) is 355 Å². The molecule has 0 saturated heterocycles. The number of aliphatic imine (C=N–C) groups is 2. The summed E-state index contributed by atoms with van der Waals surface area (Å²) < 4.78 is 0. The first-order chi connectivity index (χ1) is 68.0. The van der Waals surface area contributed by atoms with Gasteiger partial charge in [0.05, 0.1) is 39.7 Å². The summed E-state index contributed by atoms with van der Waals surface area (Å²) in [6, 6.07) is 118. The van der Waals surface area contributed by atoms with Crippen LogP contribution in [-0.4, -0.2) is 75.0 Å². The van der Waals surface area contributed by atoms with Crippen molar-refractivity contribution < 1.29 is 131 Å². The van der Waals surface area contributed by atoms with Gasteiger partial charge in [-0.05, 0) is 193 Å². The zero-order valence-corrected chi connectivity index (χ0v) is 97.9. The molecule has 0 spiro atoms. The second kappa shape index (κ2) is 62.3. The van der Waals surface area contributed by atoms with Gasteiger partial charge in [0.25, 0.3) is 0 Å². The Labute approximate surface area is 936 Å². The number of fused-ring (bicyclic) bond motifs is 3. The van der Waals surface area contributed by atoms with Gasteiger partial charge >= 0.3 is 41.2 Å². The molecule has 18 aromatic rings. The molecule has 0 aliphatic rings.